The van der Waals surface area contributed by atoms with E-state index < -0.39 is 0 Å². The molecule has 0 atom stereocenters. The number of nitrogens with zero attached hydrogens (tertiary/aromatic N) is 9. The number of benzene rings is 7. The maximum atomic E-state index is 5.39. The number of hydrogen-bond donors (Lipinski definition) is 0. The van der Waals surface area contributed by atoms with Gasteiger partial charge in [0.1, 0.15) is 0 Å². The third-order valence-corrected chi connectivity index (χ3v) is 13.0. The summed E-state index contributed by atoms with van der Waals surface area (Å²) >= 11 is 0. The second kappa shape index (κ2) is 15.0. The summed E-state index contributed by atoms with van der Waals surface area (Å²) in [6.45, 7) is 0. The van der Waals surface area contributed by atoms with E-state index in [0.29, 0.717) is 17.5 Å². The lowest BCUT2D eigenvalue weighted by atomic mass is 9.90. The molecule has 0 N–H and O–H groups in total. The molecule has 0 radical (unpaired) electrons. The molecule has 0 saturated carbocycles. The van der Waals surface area contributed by atoms with Gasteiger partial charge in [0.15, 0.2) is 17.5 Å². The van der Waals surface area contributed by atoms with Gasteiger partial charge in [-0.25, -0.2) is 15.0 Å². The van der Waals surface area contributed by atoms with Crippen LogP contribution in [-0.2, 0) is 0 Å². The fourth-order valence-corrected chi connectivity index (χ4v) is 9.83. The maximum Gasteiger partial charge on any atom is 0.164 e. The fraction of sp³-hybridized carbons (Fsp3) is 0. The van der Waals surface area contributed by atoms with Gasteiger partial charge >= 0.3 is 0 Å². The molecule has 0 bridgehead atoms. The van der Waals surface area contributed by atoms with Gasteiger partial charge in [0.05, 0.1) is 33.1 Å². The Morgan fingerprint density at radius 2 is 0.618 bits per heavy atom. The van der Waals surface area contributed by atoms with Crippen molar-refractivity contribution in [3.8, 4) is 56.4 Å². The summed E-state index contributed by atoms with van der Waals surface area (Å²) in [5.41, 5.74) is 11.6. The lowest BCUT2D eigenvalue weighted by molar-refractivity contribution is 1.08. The first kappa shape index (κ1) is 37.9. The van der Waals surface area contributed by atoms with Crippen LogP contribution in [-0.4, -0.2) is 44.9 Å². The highest BCUT2D eigenvalue weighted by atomic mass is 15.0. The van der Waals surface area contributed by atoms with Gasteiger partial charge < -0.3 is 0 Å². The summed E-state index contributed by atoms with van der Waals surface area (Å²) in [6, 6.07) is 56.6. The summed E-state index contributed by atoms with van der Waals surface area (Å²) in [5.74, 6) is 1.60. The fourth-order valence-electron chi connectivity index (χ4n) is 9.83. The monoisotopic (exact) mass is 867 g/mol. The predicted molar refractivity (Wildman–Crippen MR) is 274 cm³/mol. The van der Waals surface area contributed by atoms with E-state index in [4.69, 9.17) is 34.9 Å². The quantitative estimate of drug-likeness (QED) is 0.156. The number of fused-ring (bicyclic) bond motifs is 8. The Morgan fingerprint density at radius 1 is 0.235 bits per heavy atom. The average molecular weight is 868 g/mol. The van der Waals surface area contributed by atoms with Gasteiger partial charge in [0.2, 0.25) is 0 Å². The van der Waals surface area contributed by atoms with E-state index in [9.17, 15) is 0 Å². The standard InChI is InChI=1S/C59H33N9/c1-7-36-23-34-13-15-40(25-42(34)32-49(36)60-17-1)57-66-58(41-16-14-35-24-37-8-2-18-61-50(37)33-43(35)26-41)68-59(67-57)46-28-44(53-47-11-5-19-62-51(47)30-38-9-3-21-64-55(38)53)27-45(29-46)54-48-12-6-20-63-52(48)31-39-10-4-22-65-56(39)54/h1-33H. The van der Waals surface area contributed by atoms with Gasteiger partial charge in [-0.05, 0) is 136 Å². The van der Waals surface area contributed by atoms with Crippen LogP contribution in [0.3, 0.4) is 0 Å². The van der Waals surface area contributed by atoms with E-state index in [1.54, 1.807) is 0 Å². The van der Waals surface area contributed by atoms with Crippen molar-refractivity contribution in [2.75, 3.05) is 0 Å². The first-order valence-corrected chi connectivity index (χ1v) is 22.4. The molecule has 9 heteroatoms. The Labute approximate surface area is 387 Å². The van der Waals surface area contributed by atoms with Crippen molar-refractivity contribution < 1.29 is 0 Å². The minimum absolute atomic E-state index is 0.514. The van der Waals surface area contributed by atoms with Crippen LogP contribution in [0.2, 0.25) is 0 Å². The summed E-state index contributed by atoms with van der Waals surface area (Å²) in [5, 5.41) is 10.4. The normalized spacial score (nSPS) is 11.8. The number of pyridine rings is 6. The van der Waals surface area contributed by atoms with E-state index in [2.05, 4.69) is 137 Å². The molecular formula is C59H33N9. The van der Waals surface area contributed by atoms with E-state index >= 15 is 0 Å². The zero-order valence-electron chi connectivity index (χ0n) is 36.1. The van der Waals surface area contributed by atoms with Gasteiger partial charge in [-0.2, -0.15) is 0 Å². The average Bonchev–Trinajstić information content (AvgIpc) is 3.39. The zero-order valence-corrected chi connectivity index (χ0v) is 36.1. The molecular weight excluding hydrogens is 835 g/mol. The molecule has 0 unspecified atom stereocenters. The van der Waals surface area contributed by atoms with Crippen LogP contribution in [0.5, 0.6) is 0 Å². The Hall–Kier alpha value is -9.47. The Kier molecular flexibility index (Phi) is 8.38. The van der Waals surface area contributed by atoms with Gasteiger partial charge in [0.25, 0.3) is 0 Å². The largest absolute Gasteiger partial charge is 0.256 e. The molecule has 0 aliphatic heterocycles. The third kappa shape index (κ3) is 6.29. The maximum absolute atomic E-state index is 5.39. The van der Waals surface area contributed by atoms with Crippen LogP contribution >= 0.6 is 0 Å². The molecule has 0 fully saturated rings. The van der Waals surface area contributed by atoms with Crippen LogP contribution in [0, 0.1) is 0 Å². The lowest BCUT2D eigenvalue weighted by Gasteiger charge is -2.16. The van der Waals surface area contributed by atoms with Crippen molar-refractivity contribution in [3.63, 3.8) is 0 Å². The molecule has 0 aliphatic rings. The molecule has 7 aromatic carbocycles. The molecule has 7 aromatic heterocycles. The Morgan fingerprint density at radius 3 is 1.10 bits per heavy atom. The summed E-state index contributed by atoms with van der Waals surface area (Å²) < 4.78 is 0. The summed E-state index contributed by atoms with van der Waals surface area (Å²) in [4.78, 5) is 45.1. The smallest absolute Gasteiger partial charge is 0.164 e. The predicted octanol–water partition coefficient (Wildman–Crippen LogP) is 13.8. The summed E-state index contributed by atoms with van der Waals surface area (Å²) in [6.07, 6.45) is 11.0. The minimum atomic E-state index is 0.514. The molecule has 314 valence electrons. The SMILES string of the molecule is c1cnc2cc3cc(-c4nc(-c5cc(-c6c7cccnc7cc7cccnc67)cc(-c6c7cccnc7cc7cccnc67)c5)nc(-c5ccc6cc7cccnc7cc6c5)n4)ccc3cc2c1. The van der Waals surface area contributed by atoms with E-state index in [0.717, 1.165) is 126 Å². The number of aromatic nitrogens is 9. The molecule has 0 saturated heterocycles. The molecule has 14 rings (SSSR count). The van der Waals surface area contributed by atoms with Gasteiger partial charge in [-0.15, -0.1) is 0 Å². The Balaban J connectivity index is 1.07. The Bertz CT molecular complexity index is 4030. The van der Waals surface area contributed by atoms with Crippen molar-refractivity contribution in [2.45, 2.75) is 0 Å². The number of rotatable bonds is 5. The van der Waals surface area contributed by atoms with Crippen molar-refractivity contribution >= 4 is 87.0 Å². The van der Waals surface area contributed by atoms with Crippen molar-refractivity contribution in [1.29, 1.82) is 0 Å². The molecule has 68 heavy (non-hydrogen) atoms. The molecule has 0 spiro atoms. The van der Waals surface area contributed by atoms with Crippen molar-refractivity contribution in [2.24, 2.45) is 0 Å². The van der Waals surface area contributed by atoms with Crippen molar-refractivity contribution in [1.82, 2.24) is 44.9 Å². The van der Waals surface area contributed by atoms with Crippen LogP contribution in [0.25, 0.3) is 143 Å². The molecule has 9 nitrogen and oxygen atoms in total. The first-order chi connectivity index (χ1) is 33.6. The zero-order chi connectivity index (χ0) is 44.7. The second-order valence-electron chi connectivity index (χ2n) is 17.1. The van der Waals surface area contributed by atoms with E-state index in [1.165, 1.54) is 0 Å². The van der Waals surface area contributed by atoms with Gasteiger partial charge in [-0.3, -0.25) is 29.9 Å². The third-order valence-electron chi connectivity index (χ3n) is 13.0. The molecule has 0 aliphatic carbocycles. The van der Waals surface area contributed by atoms with Crippen LogP contribution in [0.15, 0.2) is 201 Å². The molecule has 14 aromatic rings. The van der Waals surface area contributed by atoms with Crippen LogP contribution in [0.1, 0.15) is 0 Å². The van der Waals surface area contributed by atoms with Gasteiger partial charge in [0, 0.05) is 97.3 Å². The molecule has 7 heterocycles. The van der Waals surface area contributed by atoms with Crippen LogP contribution in [0.4, 0.5) is 0 Å². The topological polar surface area (TPSA) is 116 Å². The summed E-state index contributed by atoms with van der Waals surface area (Å²) in [7, 11) is 0. The molecule has 0 amide bonds. The minimum Gasteiger partial charge on any atom is -0.256 e. The number of hydrogen-bond acceptors (Lipinski definition) is 9. The van der Waals surface area contributed by atoms with Crippen molar-refractivity contribution in [3.05, 3.63) is 201 Å². The van der Waals surface area contributed by atoms with E-state index in [-0.39, 0.29) is 0 Å². The second-order valence-corrected chi connectivity index (χ2v) is 17.1. The van der Waals surface area contributed by atoms with Crippen LogP contribution < -0.4 is 0 Å². The highest BCUT2D eigenvalue weighted by Gasteiger charge is 2.21. The first-order valence-electron chi connectivity index (χ1n) is 22.4. The van der Waals surface area contributed by atoms with Gasteiger partial charge in [-0.1, -0.05) is 60.7 Å². The lowest BCUT2D eigenvalue weighted by Crippen LogP contribution is -2.01. The highest BCUT2D eigenvalue weighted by Crippen LogP contribution is 2.42. The van der Waals surface area contributed by atoms with E-state index in [1.807, 2.05) is 73.6 Å². The highest BCUT2D eigenvalue weighted by molar-refractivity contribution is 6.14.